The maximum atomic E-state index is 12.7. The Kier molecular flexibility index (Phi) is 6.70. The minimum Gasteiger partial charge on any atom is -0.497 e. The summed E-state index contributed by atoms with van der Waals surface area (Å²) in [5, 5.41) is 6.36. The van der Waals surface area contributed by atoms with Crippen molar-refractivity contribution in [1.29, 1.82) is 0 Å². The molecule has 1 aliphatic rings. The van der Waals surface area contributed by atoms with Gasteiger partial charge < -0.3 is 14.8 Å². The molecule has 1 aliphatic carbocycles. The summed E-state index contributed by atoms with van der Waals surface area (Å²) in [4.78, 5) is 31.1. The second kappa shape index (κ2) is 9.82. The number of rotatable bonds is 8. The van der Waals surface area contributed by atoms with E-state index >= 15 is 0 Å². The quantitative estimate of drug-likeness (QED) is 0.544. The Morgan fingerprint density at radius 2 is 1.81 bits per heavy atom. The van der Waals surface area contributed by atoms with Crippen LogP contribution in [0.5, 0.6) is 11.5 Å². The lowest BCUT2D eigenvalue weighted by Crippen LogP contribution is -2.30. The lowest BCUT2D eigenvalue weighted by Gasteiger charge is -2.11. The van der Waals surface area contributed by atoms with E-state index in [1.165, 1.54) is 31.1 Å². The molecule has 3 aromatic rings. The number of hydrogen-bond acceptors (Lipinski definition) is 6. The van der Waals surface area contributed by atoms with E-state index in [1.807, 2.05) is 30.3 Å². The third-order valence-electron chi connectivity index (χ3n) is 5.42. The number of ether oxygens (including phenoxy) is 2. The molecular formula is C24H25N3O4S. The van der Waals surface area contributed by atoms with Crippen LogP contribution in [0.15, 0.2) is 48.5 Å². The van der Waals surface area contributed by atoms with Crippen LogP contribution in [0.2, 0.25) is 0 Å². The van der Waals surface area contributed by atoms with Crippen molar-refractivity contribution in [2.24, 2.45) is 0 Å². The predicted octanol–water partition coefficient (Wildman–Crippen LogP) is 3.80. The molecule has 4 rings (SSSR count). The summed E-state index contributed by atoms with van der Waals surface area (Å²) in [7, 11) is 3.07. The standard InChI is InChI=1S/C24H25N3O4S/c1-30-17-12-16(13-18(14-17)31-2)22(28)27-24-26-21-19(8-9-20(21)32-24)23(29)25-11-10-15-6-4-3-5-7-15/h3-7,12-14,19H,8-11H2,1-2H3,(H,25,29)(H,26,27,28). The predicted molar refractivity (Wildman–Crippen MR) is 124 cm³/mol. The van der Waals surface area contributed by atoms with Crippen LogP contribution in [-0.4, -0.2) is 37.6 Å². The lowest BCUT2D eigenvalue weighted by molar-refractivity contribution is -0.122. The lowest BCUT2D eigenvalue weighted by atomic mass is 10.1. The SMILES string of the molecule is COc1cc(OC)cc(C(=O)Nc2nc3c(s2)CCC3C(=O)NCCc2ccccc2)c1. The van der Waals surface area contributed by atoms with E-state index in [-0.39, 0.29) is 17.7 Å². The number of nitrogens with one attached hydrogen (secondary N) is 2. The summed E-state index contributed by atoms with van der Waals surface area (Å²) in [5.74, 6) is 0.463. The fraction of sp³-hybridized carbons (Fsp3) is 0.292. The van der Waals surface area contributed by atoms with Crippen LogP contribution >= 0.6 is 11.3 Å². The molecule has 0 saturated carbocycles. The number of nitrogens with zero attached hydrogens (tertiary/aromatic N) is 1. The molecule has 8 heteroatoms. The molecular weight excluding hydrogens is 426 g/mol. The molecule has 1 heterocycles. The minimum absolute atomic E-state index is 0.0135. The number of methoxy groups -OCH3 is 2. The molecule has 2 N–H and O–H groups in total. The van der Waals surface area contributed by atoms with Crippen molar-refractivity contribution < 1.29 is 19.1 Å². The van der Waals surface area contributed by atoms with Gasteiger partial charge in [-0.3, -0.25) is 14.9 Å². The van der Waals surface area contributed by atoms with Gasteiger partial charge in [-0.25, -0.2) is 4.98 Å². The van der Waals surface area contributed by atoms with E-state index in [4.69, 9.17) is 9.47 Å². The first-order valence-electron chi connectivity index (χ1n) is 10.4. The zero-order valence-corrected chi connectivity index (χ0v) is 18.8. The third kappa shape index (κ3) is 4.91. The largest absolute Gasteiger partial charge is 0.497 e. The van der Waals surface area contributed by atoms with Crippen LogP contribution < -0.4 is 20.1 Å². The van der Waals surface area contributed by atoms with Crippen LogP contribution in [-0.2, 0) is 17.6 Å². The molecule has 0 bridgehead atoms. The van der Waals surface area contributed by atoms with Crippen LogP contribution in [0.4, 0.5) is 5.13 Å². The van der Waals surface area contributed by atoms with Crippen molar-refractivity contribution in [3.8, 4) is 11.5 Å². The molecule has 0 radical (unpaired) electrons. The summed E-state index contributed by atoms with van der Waals surface area (Å²) in [5.41, 5.74) is 2.37. The van der Waals surface area contributed by atoms with Crippen molar-refractivity contribution in [1.82, 2.24) is 10.3 Å². The summed E-state index contributed by atoms with van der Waals surface area (Å²) >= 11 is 1.42. The summed E-state index contributed by atoms with van der Waals surface area (Å²) in [6, 6.07) is 15.0. The first kappa shape index (κ1) is 21.8. The first-order chi connectivity index (χ1) is 15.6. The average Bonchev–Trinajstić information content (AvgIpc) is 3.39. The van der Waals surface area contributed by atoms with Crippen LogP contribution in [0.1, 0.15) is 38.8 Å². The van der Waals surface area contributed by atoms with Crippen molar-refractivity contribution in [2.45, 2.75) is 25.2 Å². The monoisotopic (exact) mass is 451 g/mol. The Morgan fingerprint density at radius 1 is 1.09 bits per heavy atom. The van der Waals surface area contributed by atoms with E-state index in [0.29, 0.717) is 28.7 Å². The molecule has 166 valence electrons. The number of thiazole rings is 1. The number of fused-ring (bicyclic) bond motifs is 1. The van der Waals surface area contributed by atoms with E-state index < -0.39 is 0 Å². The van der Waals surface area contributed by atoms with Crippen LogP contribution in [0, 0.1) is 0 Å². The highest BCUT2D eigenvalue weighted by molar-refractivity contribution is 7.16. The van der Waals surface area contributed by atoms with Crippen LogP contribution in [0.3, 0.4) is 0 Å². The summed E-state index contributed by atoms with van der Waals surface area (Å²) < 4.78 is 10.5. The third-order valence-corrected chi connectivity index (χ3v) is 6.47. The fourth-order valence-corrected chi connectivity index (χ4v) is 4.78. The second-order valence-electron chi connectivity index (χ2n) is 7.50. The molecule has 7 nitrogen and oxygen atoms in total. The van der Waals surface area contributed by atoms with Gasteiger partial charge in [0, 0.05) is 23.1 Å². The minimum atomic E-state index is -0.307. The second-order valence-corrected chi connectivity index (χ2v) is 8.58. The van der Waals surface area contributed by atoms with E-state index in [2.05, 4.69) is 15.6 Å². The van der Waals surface area contributed by atoms with Crippen molar-refractivity contribution >= 4 is 28.3 Å². The van der Waals surface area contributed by atoms with Gasteiger partial charge in [0.25, 0.3) is 5.91 Å². The normalized spacial score (nSPS) is 14.5. The first-order valence-corrected chi connectivity index (χ1v) is 11.2. The molecule has 2 amide bonds. The number of hydrogen-bond donors (Lipinski definition) is 2. The smallest absolute Gasteiger partial charge is 0.257 e. The zero-order valence-electron chi connectivity index (χ0n) is 18.0. The van der Waals surface area contributed by atoms with E-state index in [0.717, 1.165) is 29.8 Å². The Labute approximate surface area is 190 Å². The van der Waals surface area contributed by atoms with Gasteiger partial charge in [-0.15, -0.1) is 11.3 Å². The molecule has 1 atom stereocenters. The van der Waals surface area contributed by atoms with Gasteiger partial charge in [0.1, 0.15) is 11.5 Å². The van der Waals surface area contributed by atoms with Gasteiger partial charge in [-0.05, 0) is 37.0 Å². The number of amides is 2. The van der Waals surface area contributed by atoms with Crippen molar-refractivity contribution in [2.75, 3.05) is 26.1 Å². The highest BCUT2D eigenvalue weighted by Crippen LogP contribution is 2.38. The Hall–Kier alpha value is -3.39. The zero-order chi connectivity index (χ0) is 22.5. The average molecular weight is 452 g/mol. The Bertz CT molecular complexity index is 1090. The maximum Gasteiger partial charge on any atom is 0.257 e. The molecule has 0 spiro atoms. The number of aromatic nitrogens is 1. The van der Waals surface area contributed by atoms with Crippen molar-refractivity contribution in [3.05, 3.63) is 70.2 Å². The van der Waals surface area contributed by atoms with Gasteiger partial charge in [-0.2, -0.15) is 0 Å². The number of aryl methyl sites for hydroxylation is 1. The molecule has 2 aromatic carbocycles. The topological polar surface area (TPSA) is 89.6 Å². The Balaban J connectivity index is 1.39. The number of carbonyl (C=O) groups excluding carboxylic acids is 2. The molecule has 0 fully saturated rings. The van der Waals surface area contributed by atoms with Gasteiger partial charge >= 0.3 is 0 Å². The van der Waals surface area contributed by atoms with E-state index in [9.17, 15) is 9.59 Å². The fourth-order valence-electron chi connectivity index (χ4n) is 3.74. The molecule has 0 aliphatic heterocycles. The Morgan fingerprint density at radius 3 is 2.50 bits per heavy atom. The maximum absolute atomic E-state index is 12.7. The number of benzene rings is 2. The molecule has 1 aromatic heterocycles. The van der Waals surface area contributed by atoms with E-state index in [1.54, 1.807) is 18.2 Å². The van der Waals surface area contributed by atoms with Gasteiger partial charge in [-0.1, -0.05) is 30.3 Å². The number of carbonyl (C=O) groups is 2. The van der Waals surface area contributed by atoms with Gasteiger partial charge in [0.05, 0.1) is 25.8 Å². The highest BCUT2D eigenvalue weighted by atomic mass is 32.1. The number of anilines is 1. The molecule has 0 saturated heterocycles. The van der Waals surface area contributed by atoms with Gasteiger partial charge in [0.2, 0.25) is 5.91 Å². The van der Waals surface area contributed by atoms with Crippen molar-refractivity contribution in [3.63, 3.8) is 0 Å². The summed E-state index contributed by atoms with van der Waals surface area (Å²) in [6.45, 7) is 0.583. The molecule has 32 heavy (non-hydrogen) atoms. The highest BCUT2D eigenvalue weighted by Gasteiger charge is 2.32. The van der Waals surface area contributed by atoms with Crippen LogP contribution in [0.25, 0.3) is 0 Å². The summed E-state index contributed by atoms with van der Waals surface area (Å²) in [6.07, 6.45) is 2.31. The molecule has 1 unspecified atom stereocenters. The van der Waals surface area contributed by atoms with Gasteiger partial charge in [0.15, 0.2) is 5.13 Å².